The molecule has 1 atom stereocenters. The zero-order valence-electron chi connectivity index (χ0n) is 9.83. The van der Waals surface area contributed by atoms with Crippen molar-refractivity contribution >= 4 is 0 Å². The fraction of sp³-hybridized carbons (Fsp3) is 0.571. The normalized spacial score (nSPS) is 26.9. The first-order valence-electron chi connectivity index (χ1n) is 6.23. The Kier molecular flexibility index (Phi) is 2.49. The van der Waals surface area contributed by atoms with Crippen molar-refractivity contribution in [2.24, 2.45) is 0 Å². The second-order valence-electron chi connectivity index (χ2n) is 4.97. The third kappa shape index (κ3) is 1.66. The van der Waals surface area contributed by atoms with Gasteiger partial charge in [-0.15, -0.1) is 0 Å². The summed E-state index contributed by atoms with van der Waals surface area (Å²) in [6.45, 7) is 1.16. The maximum Gasteiger partial charge on any atom is 0.0930 e. The van der Waals surface area contributed by atoms with E-state index in [4.69, 9.17) is 4.74 Å². The van der Waals surface area contributed by atoms with E-state index in [9.17, 15) is 0 Å². The molecule has 0 bridgehead atoms. The van der Waals surface area contributed by atoms with E-state index >= 15 is 0 Å². The smallest absolute Gasteiger partial charge is 0.0930 e. The van der Waals surface area contributed by atoms with Crippen molar-refractivity contribution in [1.29, 1.82) is 0 Å². The number of hydrogen-bond acceptors (Lipinski definition) is 2. The second kappa shape index (κ2) is 3.86. The maximum atomic E-state index is 5.63. The van der Waals surface area contributed by atoms with Crippen LogP contribution in [-0.4, -0.2) is 13.7 Å². The molecule has 2 aliphatic rings. The second-order valence-corrected chi connectivity index (χ2v) is 4.97. The largest absolute Gasteiger partial charge is 0.374 e. The number of methoxy groups -OCH3 is 1. The van der Waals surface area contributed by atoms with E-state index in [0.717, 1.165) is 6.54 Å². The molecule has 3 rings (SSSR count). The molecule has 0 radical (unpaired) electrons. The Morgan fingerprint density at radius 1 is 1.38 bits per heavy atom. The minimum Gasteiger partial charge on any atom is -0.374 e. The van der Waals surface area contributed by atoms with Gasteiger partial charge in [0.2, 0.25) is 0 Å². The summed E-state index contributed by atoms with van der Waals surface area (Å²) < 4.78 is 5.63. The zero-order valence-corrected chi connectivity index (χ0v) is 9.83. The van der Waals surface area contributed by atoms with E-state index < -0.39 is 0 Å². The van der Waals surface area contributed by atoms with Gasteiger partial charge in [0.25, 0.3) is 0 Å². The highest BCUT2D eigenvalue weighted by atomic mass is 16.5. The molecule has 2 heteroatoms. The molecular weight excluding hydrogens is 198 g/mol. The lowest BCUT2D eigenvalue weighted by atomic mass is 9.99. The Hall–Kier alpha value is -0.860. The Balaban J connectivity index is 1.87. The van der Waals surface area contributed by atoms with Crippen molar-refractivity contribution in [2.45, 2.75) is 37.3 Å². The fourth-order valence-electron chi connectivity index (χ4n) is 2.73. The van der Waals surface area contributed by atoms with Gasteiger partial charge in [-0.1, -0.05) is 24.3 Å². The van der Waals surface area contributed by atoms with Crippen LogP contribution in [0.15, 0.2) is 24.3 Å². The standard InChI is InChI=1S/C14H19NO/c1-16-14(7-8-14)12-5-2-4-11(10-12)13-6-3-9-15-13/h2,4-5,10,13,15H,3,6-9H2,1H3. The van der Waals surface area contributed by atoms with Crippen molar-refractivity contribution in [2.75, 3.05) is 13.7 Å². The summed E-state index contributed by atoms with van der Waals surface area (Å²) in [5, 5.41) is 3.55. The summed E-state index contributed by atoms with van der Waals surface area (Å²) in [7, 11) is 1.83. The van der Waals surface area contributed by atoms with Crippen LogP contribution in [0.25, 0.3) is 0 Å². The van der Waals surface area contributed by atoms with Crippen LogP contribution in [0.1, 0.15) is 42.9 Å². The molecule has 1 aliphatic carbocycles. The quantitative estimate of drug-likeness (QED) is 0.840. The number of benzene rings is 1. The van der Waals surface area contributed by atoms with Crippen molar-refractivity contribution in [1.82, 2.24) is 5.32 Å². The Morgan fingerprint density at radius 2 is 2.25 bits per heavy atom. The highest BCUT2D eigenvalue weighted by Gasteiger charge is 2.44. The van der Waals surface area contributed by atoms with E-state index in [2.05, 4.69) is 29.6 Å². The Morgan fingerprint density at radius 3 is 2.88 bits per heavy atom. The molecule has 1 heterocycles. The average Bonchev–Trinajstić information content (AvgIpc) is 2.95. The molecule has 0 amide bonds. The van der Waals surface area contributed by atoms with Crippen LogP contribution in [-0.2, 0) is 10.3 Å². The SMILES string of the molecule is COC1(c2cccc(C3CCCN3)c2)CC1. The Bertz CT molecular complexity index is 378. The van der Waals surface area contributed by atoms with Crippen LogP contribution in [0, 0.1) is 0 Å². The van der Waals surface area contributed by atoms with E-state index in [0.29, 0.717) is 6.04 Å². The topological polar surface area (TPSA) is 21.3 Å². The minimum absolute atomic E-state index is 0.0502. The third-order valence-corrected chi connectivity index (χ3v) is 3.97. The van der Waals surface area contributed by atoms with Gasteiger partial charge >= 0.3 is 0 Å². The summed E-state index contributed by atoms with van der Waals surface area (Å²) in [5.74, 6) is 0. The molecule has 1 saturated heterocycles. The predicted octanol–water partition coefficient (Wildman–Crippen LogP) is 2.75. The number of hydrogen-bond donors (Lipinski definition) is 1. The van der Waals surface area contributed by atoms with Gasteiger partial charge in [0.15, 0.2) is 0 Å². The van der Waals surface area contributed by atoms with Crippen LogP contribution in [0.5, 0.6) is 0 Å². The molecule has 2 fully saturated rings. The first-order chi connectivity index (χ1) is 7.84. The van der Waals surface area contributed by atoms with Crippen LogP contribution in [0.3, 0.4) is 0 Å². The highest BCUT2D eigenvalue weighted by molar-refractivity contribution is 5.33. The molecule has 0 spiro atoms. The van der Waals surface area contributed by atoms with Crippen molar-refractivity contribution in [3.63, 3.8) is 0 Å². The van der Waals surface area contributed by atoms with Gasteiger partial charge in [-0.05, 0) is 43.4 Å². The van der Waals surface area contributed by atoms with Crippen LogP contribution in [0.4, 0.5) is 0 Å². The van der Waals surface area contributed by atoms with Gasteiger partial charge < -0.3 is 10.1 Å². The first-order valence-corrected chi connectivity index (χ1v) is 6.23. The molecule has 2 nitrogen and oxygen atoms in total. The molecule has 1 saturated carbocycles. The molecule has 0 aromatic heterocycles. The number of ether oxygens (including phenoxy) is 1. The third-order valence-electron chi connectivity index (χ3n) is 3.97. The van der Waals surface area contributed by atoms with Crippen molar-refractivity contribution < 1.29 is 4.74 Å². The van der Waals surface area contributed by atoms with Gasteiger partial charge in [0.1, 0.15) is 0 Å². The van der Waals surface area contributed by atoms with E-state index in [1.54, 1.807) is 0 Å². The first kappa shape index (κ1) is 10.3. The fourth-order valence-corrected chi connectivity index (χ4v) is 2.73. The van der Waals surface area contributed by atoms with Gasteiger partial charge in [-0.2, -0.15) is 0 Å². The molecule has 1 aromatic rings. The molecular formula is C14H19NO. The predicted molar refractivity (Wildman–Crippen MR) is 64.3 cm³/mol. The van der Waals surface area contributed by atoms with Crippen LogP contribution in [0.2, 0.25) is 0 Å². The molecule has 1 N–H and O–H groups in total. The van der Waals surface area contributed by atoms with Gasteiger partial charge in [0.05, 0.1) is 5.60 Å². The van der Waals surface area contributed by atoms with Crippen molar-refractivity contribution in [3.8, 4) is 0 Å². The summed E-state index contributed by atoms with van der Waals surface area (Å²) in [5.41, 5.74) is 2.84. The van der Waals surface area contributed by atoms with E-state index in [-0.39, 0.29) is 5.60 Å². The maximum absolute atomic E-state index is 5.63. The van der Waals surface area contributed by atoms with Gasteiger partial charge in [-0.3, -0.25) is 0 Å². The monoisotopic (exact) mass is 217 g/mol. The lowest BCUT2D eigenvalue weighted by Crippen LogP contribution is -2.14. The Labute approximate surface area is 97.0 Å². The molecule has 86 valence electrons. The summed E-state index contributed by atoms with van der Waals surface area (Å²) in [4.78, 5) is 0. The lowest BCUT2D eigenvalue weighted by Gasteiger charge is -2.17. The minimum atomic E-state index is 0.0502. The summed E-state index contributed by atoms with van der Waals surface area (Å²) >= 11 is 0. The van der Waals surface area contributed by atoms with E-state index in [1.165, 1.54) is 36.8 Å². The lowest BCUT2D eigenvalue weighted by molar-refractivity contribution is 0.0788. The molecule has 1 unspecified atom stereocenters. The van der Waals surface area contributed by atoms with Crippen molar-refractivity contribution in [3.05, 3.63) is 35.4 Å². The van der Waals surface area contributed by atoms with Crippen LogP contribution >= 0.6 is 0 Å². The average molecular weight is 217 g/mol. The zero-order chi connectivity index (χ0) is 11.0. The molecule has 16 heavy (non-hydrogen) atoms. The molecule has 1 aliphatic heterocycles. The summed E-state index contributed by atoms with van der Waals surface area (Å²) in [6, 6.07) is 9.50. The van der Waals surface area contributed by atoms with E-state index in [1.807, 2.05) is 7.11 Å². The highest BCUT2D eigenvalue weighted by Crippen LogP contribution is 2.49. The van der Waals surface area contributed by atoms with Gasteiger partial charge in [0, 0.05) is 13.2 Å². The number of nitrogens with one attached hydrogen (secondary N) is 1. The summed E-state index contributed by atoms with van der Waals surface area (Å²) in [6.07, 6.45) is 4.91. The molecule has 1 aromatic carbocycles. The van der Waals surface area contributed by atoms with Crippen LogP contribution < -0.4 is 5.32 Å². The van der Waals surface area contributed by atoms with Gasteiger partial charge in [-0.25, -0.2) is 0 Å². The number of rotatable bonds is 3.